The van der Waals surface area contributed by atoms with Crippen molar-refractivity contribution in [2.75, 3.05) is 7.05 Å². The molecule has 0 bridgehead atoms. The van der Waals surface area contributed by atoms with Crippen LogP contribution in [0.3, 0.4) is 0 Å². The van der Waals surface area contributed by atoms with Gasteiger partial charge in [-0.15, -0.1) is 0 Å². The highest BCUT2D eigenvalue weighted by atomic mass is 79.9. The van der Waals surface area contributed by atoms with Crippen LogP contribution >= 0.6 is 15.9 Å². The fourth-order valence-corrected chi connectivity index (χ4v) is 2.92. The molecule has 1 saturated carbocycles. The molecule has 0 saturated heterocycles. The van der Waals surface area contributed by atoms with Crippen LogP contribution in [0.1, 0.15) is 24.8 Å². The molecular weight excluding hydrogens is 294 g/mol. The van der Waals surface area contributed by atoms with Crippen molar-refractivity contribution in [2.24, 2.45) is 0 Å². The van der Waals surface area contributed by atoms with E-state index in [1.165, 1.54) is 0 Å². The largest absolute Gasteiger partial charge is 0.345 e. The Bertz CT molecular complexity index is 499. The minimum Gasteiger partial charge on any atom is -0.345 e. The predicted molar refractivity (Wildman–Crippen MR) is 70.7 cm³/mol. The van der Waals surface area contributed by atoms with Crippen LogP contribution < -0.4 is 0 Å². The summed E-state index contributed by atoms with van der Waals surface area (Å²) in [6, 6.07) is 4.51. The summed E-state index contributed by atoms with van der Waals surface area (Å²) < 4.78 is 0.877. The lowest BCUT2D eigenvalue weighted by molar-refractivity contribution is -0.118. The number of amides is 1. The quantitative estimate of drug-likeness (QED) is 0.805. The van der Waals surface area contributed by atoms with E-state index in [1.54, 1.807) is 24.3 Å². The van der Waals surface area contributed by atoms with Gasteiger partial charge in [0.2, 0.25) is 6.41 Å². The highest BCUT2D eigenvalue weighted by Crippen LogP contribution is 2.42. The van der Waals surface area contributed by atoms with Gasteiger partial charge >= 0.3 is 0 Å². The molecule has 94 valence electrons. The molecule has 2 rings (SSSR count). The standard InChI is InChI=1S/C13H14BrN3O/c1-17(9-18)12-2-3-13(5-12,8-15)10-4-11(14)7-16-6-10/h4,6-7,9,12H,2-3,5H2,1H3. The van der Waals surface area contributed by atoms with Gasteiger partial charge in [0.05, 0.1) is 11.5 Å². The molecule has 0 N–H and O–H groups in total. The molecule has 0 aromatic carbocycles. The Labute approximate surface area is 115 Å². The molecule has 1 fully saturated rings. The van der Waals surface area contributed by atoms with Crippen LogP contribution in [0.25, 0.3) is 0 Å². The van der Waals surface area contributed by atoms with Crippen molar-refractivity contribution in [1.82, 2.24) is 9.88 Å². The smallest absolute Gasteiger partial charge is 0.209 e. The van der Waals surface area contributed by atoms with E-state index in [-0.39, 0.29) is 6.04 Å². The Balaban J connectivity index is 2.29. The van der Waals surface area contributed by atoms with E-state index < -0.39 is 5.41 Å². The summed E-state index contributed by atoms with van der Waals surface area (Å²) in [5.74, 6) is 0. The summed E-state index contributed by atoms with van der Waals surface area (Å²) in [6.45, 7) is 0. The molecule has 1 heterocycles. The van der Waals surface area contributed by atoms with Crippen molar-refractivity contribution in [3.05, 3.63) is 28.5 Å². The number of hydrogen-bond acceptors (Lipinski definition) is 3. The number of halogens is 1. The lowest BCUT2D eigenvalue weighted by atomic mass is 9.81. The van der Waals surface area contributed by atoms with Crippen LogP contribution in [-0.4, -0.2) is 29.4 Å². The van der Waals surface area contributed by atoms with Crippen LogP contribution in [0.5, 0.6) is 0 Å². The van der Waals surface area contributed by atoms with Crippen molar-refractivity contribution < 1.29 is 4.79 Å². The topological polar surface area (TPSA) is 57.0 Å². The third-order valence-corrected chi connectivity index (χ3v) is 4.14. The van der Waals surface area contributed by atoms with Gasteiger partial charge in [-0.3, -0.25) is 9.78 Å². The lowest BCUT2D eigenvalue weighted by Gasteiger charge is -2.24. The monoisotopic (exact) mass is 307 g/mol. The molecule has 1 amide bonds. The molecule has 1 aromatic rings. The molecule has 0 radical (unpaired) electrons. The first kappa shape index (κ1) is 13.0. The number of rotatable bonds is 3. The SMILES string of the molecule is CN(C=O)C1CCC(C#N)(c2cncc(Br)c2)C1. The zero-order valence-corrected chi connectivity index (χ0v) is 11.7. The number of nitriles is 1. The Morgan fingerprint density at radius 3 is 3.06 bits per heavy atom. The van der Waals surface area contributed by atoms with Crippen molar-refractivity contribution in [3.8, 4) is 6.07 Å². The summed E-state index contributed by atoms with van der Waals surface area (Å²) in [5.41, 5.74) is 0.416. The van der Waals surface area contributed by atoms with Gasteiger partial charge in [-0.05, 0) is 46.8 Å². The molecule has 0 spiro atoms. The van der Waals surface area contributed by atoms with Gasteiger partial charge < -0.3 is 4.90 Å². The highest BCUT2D eigenvalue weighted by molar-refractivity contribution is 9.10. The molecule has 1 aliphatic carbocycles. The van der Waals surface area contributed by atoms with Gasteiger partial charge in [-0.25, -0.2) is 0 Å². The number of hydrogen-bond donors (Lipinski definition) is 0. The zero-order valence-electron chi connectivity index (χ0n) is 10.1. The van der Waals surface area contributed by atoms with Gasteiger partial charge in [0, 0.05) is 30.0 Å². The Morgan fingerprint density at radius 1 is 1.67 bits per heavy atom. The number of aromatic nitrogens is 1. The van der Waals surface area contributed by atoms with Crippen molar-refractivity contribution in [3.63, 3.8) is 0 Å². The zero-order chi connectivity index (χ0) is 13.2. The number of carbonyl (C=O) groups excluding carboxylic acids is 1. The Hall–Kier alpha value is -1.41. The second kappa shape index (κ2) is 5.07. The Kier molecular flexibility index (Phi) is 3.67. The van der Waals surface area contributed by atoms with Crippen molar-refractivity contribution in [1.29, 1.82) is 5.26 Å². The van der Waals surface area contributed by atoms with E-state index in [4.69, 9.17) is 0 Å². The first-order valence-electron chi connectivity index (χ1n) is 5.81. The molecular formula is C13H14BrN3O. The summed E-state index contributed by atoms with van der Waals surface area (Å²) in [6.07, 6.45) is 6.59. The lowest BCUT2D eigenvalue weighted by Crippen LogP contribution is -2.30. The fourth-order valence-electron chi connectivity index (χ4n) is 2.55. The molecule has 1 aliphatic rings. The average Bonchev–Trinajstić information content (AvgIpc) is 2.83. The maximum atomic E-state index is 10.8. The number of carbonyl (C=O) groups is 1. The third-order valence-electron chi connectivity index (χ3n) is 3.70. The van der Waals surface area contributed by atoms with Gasteiger partial charge in [0.1, 0.15) is 0 Å². The maximum Gasteiger partial charge on any atom is 0.209 e. The van der Waals surface area contributed by atoms with Gasteiger partial charge in [0.15, 0.2) is 0 Å². The van der Waals surface area contributed by atoms with Crippen LogP contribution in [0.15, 0.2) is 22.9 Å². The molecule has 2 unspecified atom stereocenters. The normalized spacial score (nSPS) is 26.6. The summed E-state index contributed by atoms with van der Waals surface area (Å²) in [7, 11) is 1.77. The van der Waals surface area contributed by atoms with Crippen LogP contribution in [0.2, 0.25) is 0 Å². The molecule has 18 heavy (non-hydrogen) atoms. The van der Waals surface area contributed by atoms with E-state index in [0.717, 1.165) is 29.3 Å². The van der Waals surface area contributed by atoms with E-state index in [2.05, 4.69) is 27.0 Å². The molecule has 4 nitrogen and oxygen atoms in total. The first-order valence-corrected chi connectivity index (χ1v) is 6.60. The summed E-state index contributed by atoms with van der Waals surface area (Å²) in [4.78, 5) is 16.6. The molecule has 5 heteroatoms. The first-order chi connectivity index (χ1) is 8.61. The van der Waals surface area contributed by atoms with E-state index in [1.807, 2.05) is 6.07 Å². The summed E-state index contributed by atoms with van der Waals surface area (Å²) >= 11 is 3.38. The van der Waals surface area contributed by atoms with Crippen LogP contribution in [0, 0.1) is 11.3 Å². The van der Waals surface area contributed by atoms with Crippen LogP contribution in [0.4, 0.5) is 0 Å². The molecule has 1 aromatic heterocycles. The van der Waals surface area contributed by atoms with E-state index >= 15 is 0 Å². The second-order valence-electron chi connectivity index (χ2n) is 4.75. The van der Waals surface area contributed by atoms with Gasteiger partial charge in [-0.1, -0.05) is 0 Å². The van der Waals surface area contributed by atoms with Gasteiger partial charge in [0.25, 0.3) is 0 Å². The van der Waals surface area contributed by atoms with E-state index in [9.17, 15) is 10.1 Å². The minimum absolute atomic E-state index is 0.140. The second-order valence-corrected chi connectivity index (χ2v) is 5.67. The van der Waals surface area contributed by atoms with Crippen molar-refractivity contribution >= 4 is 22.3 Å². The maximum absolute atomic E-state index is 10.8. The fraction of sp³-hybridized carbons (Fsp3) is 0.462. The minimum atomic E-state index is -0.515. The predicted octanol–water partition coefficient (Wildman–Crippen LogP) is 2.25. The van der Waals surface area contributed by atoms with Gasteiger partial charge in [-0.2, -0.15) is 5.26 Å². The number of nitrogens with zero attached hydrogens (tertiary/aromatic N) is 3. The number of pyridine rings is 1. The average molecular weight is 308 g/mol. The highest BCUT2D eigenvalue weighted by Gasteiger charge is 2.42. The van der Waals surface area contributed by atoms with Crippen molar-refractivity contribution in [2.45, 2.75) is 30.7 Å². The summed E-state index contributed by atoms with van der Waals surface area (Å²) in [5, 5.41) is 9.53. The van der Waals surface area contributed by atoms with E-state index in [0.29, 0.717) is 6.42 Å². The molecule has 0 aliphatic heterocycles. The Morgan fingerprint density at radius 2 is 2.44 bits per heavy atom. The molecule has 2 atom stereocenters. The van der Waals surface area contributed by atoms with Crippen LogP contribution in [-0.2, 0) is 10.2 Å². The third kappa shape index (κ3) is 2.25.